The van der Waals surface area contributed by atoms with Crippen molar-refractivity contribution in [2.24, 2.45) is 5.92 Å². The molecule has 0 bridgehead atoms. The smallest absolute Gasteiger partial charge is 0.244 e. The van der Waals surface area contributed by atoms with Crippen LogP contribution in [0.15, 0.2) is 0 Å². The van der Waals surface area contributed by atoms with E-state index in [9.17, 15) is 0 Å². The van der Waals surface area contributed by atoms with Gasteiger partial charge >= 0.3 is 0 Å². The topological polar surface area (TPSA) is 56.8 Å². The number of thioether (sulfide) groups is 1. The SMILES string of the molecule is C1CNCCN(c2n[nH]c(CC3CCSCC3)n2)C1. The van der Waals surface area contributed by atoms with Crippen molar-refractivity contribution < 1.29 is 0 Å². The minimum absolute atomic E-state index is 0.799. The van der Waals surface area contributed by atoms with Crippen LogP contribution in [0, 0.1) is 5.92 Å². The summed E-state index contributed by atoms with van der Waals surface area (Å²) in [5.41, 5.74) is 0. The van der Waals surface area contributed by atoms with Crippen molar-refractivity contribution >= 4 is 17.7 Å². The van der Waals surface area contributed by atoms with Gasteiger partial charge < -0.3 is 10.2 Å². The summed E-state index contributed by atoms with van der Waals surface area (Å²) < 4.78 is 0. The van der Waals surface area contributed by atoms with E-state index in [-0.39, 0.29) is 0 Å². The van der Waals surface area contributed by atoms with Gasteiger partial charge in [-0.25, -0.2) is 0 Å². The molecule has 2 aliphatic rings. The lowest BCUT2D eigenvalue weighted by Crippen LogP contribution is -2.28. The Morgan fingerprint density at radius 1 is 1.21 bits per heavy atom. The van der Waals surface area contributed by atoms with E-state index in [1.165, 1.54) is 30.8 Å². The quantitative estimate of drug-likeness (QED) is 0.874. The molecule has 3 heterocycles. The molecule has 0 unspecified atom stereocenters. The standard InChI is InChI=1S/C13H23N5S/c1-4-14-5-7-18(6-1)13-15-12(16-17-13)10-11-2-8-19-9-3-11/h11,14H,1-10H2,(H,15,16,17). The van der Waals surface area contributed by atoms with Crippen LogP contribution in [0.3, 0.4) is 0 Å². The Labute approximate surface area is 118 Å². The van der Waals surface area contributed by atoms with E-state index in [0.717, 1.165) is 50.3 Å². The zero-order chi connectivity index (χ0) is 12.9. The van der Waals surface area contributed by atoms with E-state index in [0.29, 0.717) is 0 Å². The minimum atomic E-state index is 0.799. The molecule has 2 aliphatic heterocycles. The molecule has 3 rings (SSSR count). The number of hydrogen-bond donors (Lipinski definition) is 2. The molecular weight excluding hydrogens is 258 g/mol. The first kappa shape index (κ1) is 13.2. The van der Waals surface area contributed by atoms with E-state index < -0.39 is 0 Å². The van der Waals surface area contributed by atoms with Crippen LogP contribution in [-0.4, -0.2) is 52.9 Å². The van der Waals surface area contributed by atoms with E-state index in [4.69, 9.17) is 4.98 Å². The number of nitrogens with zero attached hydrogens (tertiary/aromatic N) is 3. The predicted molar refractivity (Wildman–Crippen MR) is 79.8 cm³/mol. The summed E-state index contributed by atoms with van der Waals surface area (Å²) in [7, 11) is 0. The maximum Gasteiger partial charge on any atom is 0.244 e. The summed E-state index contributed by atoms with van der Waals surface area (Å²) in [6.07, 6.45) is 4.89. The third-order valence-corrected chi connectivity index (χ3v) is 5.01. The average Bonchev–Trinajstić information content (AvgIpc) is 2.74. The molecule has 2 saturated heterocycles. The summed E-state index contributed by atoms with van der Waals surface area (Å²) in [6.45, 7) is 4.21. The highest BCUT2D eigenvalue weighted by atomic mass is 32.2. The normalized spacial score (nSPS) is 22.4. The van der Waals surface area contributed by atoms with E-state index >= 15 is 0 Å². The van der Waals surface area contributed by atoms with Crippen molar-refractivity contribution in [2.45, 2.75) is 25.7 Å². The highest BCUT2D eigenvalue weighted by Gasteiger charge is 2.18. The van der Waals surface area contributed by atoms with E-state index in [1.54, 1.807) is 0 Å². The molecule has 0 aliphatic carbocycles. The van der Waals surface area contributed by atoms with Gasteiger partial charge in [-0.1, -0.05) is 0 Å². The van der Waals surface area contributed by atoms with Gasteiger partial charge in [0.05, 0.1) is 0 Å². The number of aromatic amines is 1. The minimum Gasteiger partial charge on any atom is -0.338 e. The van der Waals surface area contributed by atoms with Crippen LogP contribution < -0.4 is 10.2 Å². The molecule has 0 aromatic carbocycles. The van der Waals surface area contributed by atoms with Crippen LogP contribution in [0.4, 0.5) is 5.95 Å². The van der Waals surface area contributed by atoms with Gasteiger partial charge in [0.25, 0.3) is 0 Å². The molecule has 0 atom stereocenters. The van der Waals surface area contributed by atoms with Gasteiger partial charge in [0.15, 0.2) is 0 Å². The molecule has 1 aromatic heterocycles. The number of H-pyrrole nitrogens is 1. The van der Waals surface area contributed by atoms with Crippen LogP contribution >= 0.6 is 11.8 Å². The Morgan fingerprint density at radius 2 is 2.11 bits per heavy atom. The lowest BCUT2D eigenvalue weighted by Gasteiger charge is -2.20. The molecule has 106 valence electrons. The molecular formula is C13H23N5S. The second-order valence-electron chi connectivity index (χ2n) is 5.43. The maximum atomic E-state index is 4.69. The van der Waals surface area contributed by atoms with Crippen molar-refractivity contribution in [3.8, 4) is 0 Å². The van der Waals surface area contributed by atoms with Crippen LogP contribution in [0.5, 0.6) is 0 Å². The van der Waals surface area contributed by atoms with Gasteiger partial charge in [-0.15, -0.1) is 5.10 Å². The Kier molecular flexibility index (Phi) is 4.61. The monoisotopic (exact) mass is 281 g/mol. The number of rotatable bonds is 3. The second-order valence-corrected chi connectivity index (χ2v) is 6.66. The Bertz CT molecular complexity index is 380. The summed E-state index contributed by atoms with van der Waals surface area (Å²) in [5.74, 6) is 5.38. The molecule has 2 N–H and O–H groups in total. The maximum absolute atomic E-state index is 4.69. The zero-order valence-corrected chi connectivity index (χ0v) is 12.2. The summed E-state index contributed by atoms with van der Waals surface area (Å²) in [4.78, 5) is 6.98. The van der Waals surface area contributed by atoms with Gasteiger partial charge in [-0.05, 0) is 43.2 Å². The summed E-state index contributed by atoms with van der Waals surface area (Å²) in [6, 6.07) is 0. The molecule has 0 radical (unpaired) electrons. The van der Waals surface area contributed by atoms with Gasteiger partial charge in [0.1, 0.15) is 5.82 Å². The fourth-order valence-corrected chi connectivity index (χ4v) is 3.99. The molecule has 1 aromatic rings. The first-order valence-electron chi connectivity index (χ1n) is 7.36. The zero-order valence-electron chi connectivity index (χ0n) is 11.4. The molecule has 0 spiro atoms. The van der Waals surface area contributed by atoms with Crippen LogP contribution in [0.1, 0.15) is 25.1 Å². The molecule has 0 amide bonds. The molecule has 5 nitrogen and oxygen atoms in total. The first-order valence-corrected chi connectivity index (χ1v) is 8.52. The van der Waals surface area contributed by atoms with Crippen molar-refractivity contribution in [2.75, 3.05) is 42.6 Å². The Hall–Kier alpha value is -0.750. The summed E-state index contributed by atoms with van der Waals surface area (Å²) >= 11 is 2.08. The van der Waals surface area contributed by atoms with Crippen LogP contribution in [0.2, 0.25) is 0 Å². The Morgan fingerprint density at radius 3 is 3.00 bits per heavy atom. The molecule has 2 fully saturated rings. The second kappa shape index (κ2) is 6.61. The van der Waals surface area contributed by atoms with Crippen LogP contribution in [-0.2, 0) is 6.42 Å². The van der Waals surface area contributed by atoms with Gasteiger partial charge in [0, 0.05) is 26.1 Å². The van der Waals surface area contributed by atoms with Gasteiger partial charge in [-0.2, -0.15) is 16.7 Å². The van der Waals surface area contributed by atoms with Crippen molar-refractivity contribution in [1.29, 1.82) is 0 Å². The Balaban J connectivity index is 1.58. The molecule has 6 heteroatoms. The fraction of sp³-hybridized carbons (Fsp3) is 0.846. The number of anilines is 1. The summed E-state index contributed by atoms with van der Waals surface area (Å²) in [5, 5.41) is 11.0. The van der Waals surface area contributed by atoms with E-state index in [2.05, 4.69) is 32.2 Å². The van der Waals surface area contributed by atoms with E-state index in [1.807, 2.05) is 0 Å². The largest absolute Gasteiger partial charge is 0.338 e. The predicted octanol–water partition coefficient (Wildman–Crippen LogP) is 1.29. The third kappa shape index (κ3) is 3.63. The number of aromatic nitrogens is 3. The van der Waals surface area contributed by atoms with Crippen LogP contribution in [0.25, 0.3) is 0 Å². The lowest BCUT2D eigenvalue weighted by molar-refractivity contribution is 0.477. The number of hydrogen-bond acceptors (Lipinski definition) is 5. The average molecular weight is 281 g/mol. The van der Waals surface area contributed by atoms with Crippen molar-refractivity contribution in [3.63, 3.8) is 0 Å². The first-order chi connectivity index (χ1) is 9.42. The fourth-order valence-electron chi connectivity index (χ4n) is 2.79. The third-order valence-electron chi connectivity index (χ3n) is 3.97. The highest BCUT2D eigenvalue weighted by molar-refractivity contribution is 7.99. The van der Waals surface area contributed by atoms with Gasteiger partial charge in [0.2, 0.25) is 5.95 Å². The molecule has 19 heavy (non-hydrogen) atoms. The lowest BCUT2D eigenvalue weighted by atomic mass is 9.99. The molecule has 0 saturated carbocycles. The van der Waals surface area contributed by atoms with Crippen molar-refractivity contribution in [3.05, 3.63) is 5.82 Å². The van der Waals surface area contributed by atoms with Crippen molar-refractivity contribution in [1.82, 2.24) is 20.5 Å². The highest BCUT2D eigenvalue weighted by Crippen LogP contribution is 2.25. The number of nitrogens with one attached hydrogen (secondary N) is 2. The van der Waals surface area contributed by atoms with Gasteiger partial charge in [-0.3, -0.25) is 5.10 Å².